The molecule has 7 nitrogen and oxygen atoms in total. The summed E-state index contributed by atoms with van der Waals surface area (Å²) in [6, 6.07) is 3.78. The highest BCUT2D eigenvalue weighted by Gasteiger charge is 2.47. The van der Waals surface area contributed by atoms with Gasteiger partial charge in [-0.3, -0.25) is 19.3 Å². The Labute approximate surface area is 146 Å². The van der Waals surface area contributed by atoms with Crippen LogP contribution in [0.5, 0.6) is 11.5 Å². The Hall–Kier alpha value is -2.97. The highest BCUT2D eigenvalue weighted by atomic mass is 19.3. The minimum absolute atomic E-state index is 0.144. The van der Waals surface area contributed by atoms with Gasteiger partial charge < -0.3 is 14.8 Å². The molecule has 4 rings (SSSR count). The van der Waals surface area contributed by atoms with E-state index in [1.54, 1.807) is 0 Å². The molecule has 1 saturated heterocycles. The Bertz CT molecular complexity index is 812. The molecule has 1 fully saturated rings. The summed E-state index contributed by atoms with van der Waals surface area (Å²) >= 11 is 0. The van der Waals surface area contributed by atoms with Gasteiger partial charge in [0, 0.05) is 11.8 Å². The minimum Gasteiger partial charge on any atom is -0.395 e. The number of hydrogen-bond donors (Lipinski definition) is 1. The lowest BCUT2D eigenvalue weighted by Gasteiger charge is -2.14. The second kappa shape index (κ2) is 5.79. The van der Waals surface area contributed by atoms with Crippen LogP contribution < -0.4 is 14.8 Å². The number of benzene rings is 1. The number of carbonyl (C=O) groups is 3. The molecule has 26 heavy (non-hydrogen) atoms. The van der Waals surface area contributed by atoms with Crippen LogP contribution in [-0.4, -0.2) is 35.5 Å². The second-order valence-corrected chi connectivity index (χ2v) is 6.30. The third-order valence-electron chi connectivity index (χ3n) is 4.59. The summed E-state index contributed by atoms with van der Waals surface area (Å²) in [5, 5.41) is 2.47. The van der Waals surface area contributed by atoms with Crippen LogP contribution in [0, 0.1) is 11.8 Å². The van der Waals surface area contributed by atoms with Gasteiger partial charge in [-0.1, -0.05) is 12.2 Å². The van der Waals surface area contributed by atoms with E-state index in [1.165, 1.54) is 18.2 Å². The molecule has 3 amide bonds. The van der Waals surface area contributed by atoms with Crippen molar-refractivity contribution in [1.29, 1.82) is 0 Å². The van der Waals surface area contributed by atoms with Crippen LogP contribution >= 0.6 is 0 Å². The zero-order valence-corrected chi connectivity index (χ0v) is 13.4. The molecule has 2 aliphatic heterocycles. The molecule has 0 saturated carbocycles. The van der Waals surface area contributed by atoms with Crippen LogP contribution in [0.2, 0.25) is 0 Å². The maximum Gasteiger partial charge on any atom is 0.586 e. The number of nitrogens with one attached hydrogen (secondary N) is 1. The van der Waals surface area contributed by atoms with Crippen molar-refractivity contribution in [3.05, 3.63) is 30.4 Å². The molecular weight excluding hydrogens is 350 g/mol. The van der Waals surface area contributed by atoms with Gasteiger partial charge in [0.2, 0.25) is 17.7 Å². The number of fused-ring (bicyclic) bond motifs is 2. The van der Waals surface area contributed by atoms with Crippen molar-refractivity contribution in [3.63, 3.8) is 0 Å². The van der Waals surface area contributed by atoms with Gasteiger partial charge in [-0.05, 0) is 25.0 Å². The van der Waals surface area contributed by atoms with Crippen molar-refractivity contribution < 1.29 is 32.6 Å². The first kappa shape index (κ1) is 16.5. The Morgan fingerprint density at radius 2 is 1.73 bits per heavy atom. The number of allylic oxidation sites excluding steroid dienone is 2. The fourth-order valence-electron chi connectivity index (χ4n) is 3.40. The van der Waals surface area contributed by atoms with E-state index in [0.29, 0.717) is 12.8 Å². The molecule has 9 heteroatoms. The number of hydrogen-bond acceptors (Lipinski definition) is 5. The molecule has 2 atom stereocenters. The van der Waals surface area contributed by atoms with Gasteiger partial charge in [-0.2, -0.15) is 0 Å². The predicted octanol–water partition coefficient (Wildman–Crippen LogP) is 1.90. The van der Waals surface area contributed by atoms with Crippen LogP contribution in [0.1, 0.15) is 12.8 Å². The maximum absolute atomic E-state index is 13.0. The summed E-state index contributed by atoms with van der Waals surface area (Å²) in [7, 11) is 0. The van der Waals surface area contributed by atoms with E-state index >= 15 is 0 Å². The van der Waals surface area contributed by atoms with E-state index in [9.17, 15) is 23.2 Å². The van der Waals surface area contributed by atoms with Crippen molar-refractivity contribution in [2.75, 3.05) is 11.9 Å². The minimum atomic E-state index is -3.75. The lowest BCUT2D eigenvalue weighted by Crippen LogP contribution is -2.38. The number of amides is 3. The van der Waals surface area contributed by atoms with E-state index in [4.69, 9.17) is 0 Å². The summed E-state index contributed by atoms with van der Waals surface area (Å²) in [4.78, 5) is 37.8. The van der Waals surface area contributed by atoms with Gasteiger partial charge in [0.1, 0.15) is 6.54 Å². The van der Waals surface area contributed by atoms with E-state index in [-0.39, 0.29) is 29.0 Å². The van der Waals surface area contributed by atoms with Crippen LogP contribution in [-0.2, 0) is 14.4 Å². The smallest absolute Gasteiger partial charge is 0.395 e. The maximum atomic E-state index is 13.0. The summed E-state index contributed by atoms with van der Waals surface area (Å²) < 4.78 is 34.6. The first-order valence-electron chi connectivity index (χ1n) is 8.04. The fourth-order valence-corrected chi connectivity index (χ4v) is 3.40. The van der Waals surface area contributed by atoms with Crippen LogP contribution in [0.4, 0.5) is 14.5 Å². The number of likely N-dealkylation sites (tertiary alicyclic amines) is 1. The molecule has 136 valence electrons. The Kier molecular flexibility index (Phi) is 3.67. The molecule has 0 radical (unpaired) electrons. The average Bonchev–Trinajstić information content (AvgIpc) is 3.02. The van der Waals surface area contributed by atoms with E-state index in [2.05, 4.69) is 14.8 Å². The number of alkyl halides is 2. The summed E-state index contributed by atoms with van der Waals surface area (Å²) in [5.41, 5.74) is 0.188. The third kappa shape index (κ3) is 2.79. The monoisotopic (exact) mass is 364 g/mol. The molecule has 0 unspecified atom stereocenters. The molecule has 1 aliphatic carbocycles. The normalized spacial score (nSPS) is 25.4. The van der Waals surface area contributed by atoms with Crippen molar-refractivity contribution in [2.45, 2.75) is 19.1 Å². The molecule has 2 heterocycles. The molecule has 0 aromatic heterocycles. The molecular formula is C17H14F2N2O5. The lowest BCUT2D eigenvalue weighted by molar-refractivity contribution is -0.286. The predicted molar refractivity (Wildman–Crippen MR) is 83.3 cm³/mol. The number of anilines is 1. The molecule has 1 aromatic carbocycles. The largest absolute Gasteiger partial charge is 0.586 e. The number of carbonyl (C=O) groups excluding carboxylic acids is 3. The molecule has 3 aliphatic rings. The van der Waals surface area contributed by atoms with Gasteiger partial charge in [0.15, 0.2) is 11.5 Å². The van der Waals surface area contributed by atoms with Gasteiger partial charge in [0.25, 0.3) is 0 Å². The standard InChI is InChI=1S/C17H14F2N2O5/c18-17(19)25-12-6-5-9(7-13(12)26-17)20-14(22)8-21-15(23)10-3-1-2-4-11(10)16(21)24/h1-2,5-7,10-11H,3-4,8H2,(H,20,22)/t10-,11-/m0/s1. The van der Waals surface area contributed by atoms with Crippen LogP contribution in [0.25, 0.3) is 0 Å². The topological polar surface area (TPSA) is 84.9 Å². The van der Waals surface area contributed by atoms with Crippen LogP contribution in [0.15, 0.2) is 30.4 Å². The second-order valence-electron chi connectivity index (χ2n) is 6.30. The zero-order chi connectivity index (χ0) is 18.5. The van der Waals surface area contributed by atoms with Gasteiger partial charge >= 0.3 is 6.29 Å². The third-order valence-corrected chi connectivity index (χ3v) is 4.59. The Balaban J connectivity index is 1.42. The zero-order valence-electron chi connectivity index (χ0n) is 13.4. The van der Waals surface area contributed by atoms with E-state index in [1.807, 2.05) is 12.2 Å². The van der Waals surface area contributed by atoms with Crippen LogP contribution in [0.3, 0.4) is 0 Å². The Morgan fingerprint density at radius 1 is 1.12 bits per heavy atom. The van der Waals surface area contributed by atoms with Crippen molar-refractivity contribution in [3.8, 4) is 11.5 Å². The van der Waals surface area contributed by atoms with Gasteiger partial charge in [-0.25, -0.2) is 0 Å². The van der Waals surface area contributed by atoms with E-state index < -0.39 is 30.6 Å². The number of imide groups is 1. The summed E-state index contributed by atoms with van der Waals surface area (Å²) in [5.74, 6) is -2.49. The number of halogens is 2. The number of nitrogens with zero attached hydrogens (tertiary/aromatic N) is 1. The molecule has 0 spiro atoms. The molecule has 1 N–H and O–H groups in total. The average molecular weight is 364 g/mol. The highest BCUT2D eigenvalue weighted by molar-refractivity contribution is 6.08. The van der Waals surface area contributed by atoms with Gasteiger partial charge in [0.05, 0.1) is 11.8 Å². The first-order chi connectivity index (χ1) is 12.3. The highest BCUT2D eigenvalue weighted by Crippen LogP contribution is 2.42. The quantitative estimate of drug-likeness (QED) is 0.654. The SMILES string of the molecule is O=C(CN1C(=O)[C@H]2CC=CC[C@@H]2C1=O)Nc1ccc2c(c1)OC(F)(F)O2. The first-order valence-corrected chi connectivity index (χ1v) is 8.04. The van der Waals surface area contributed by atoms with Crippen molar-refractivity contribution >= 4 is 23.4 Å². The summed E-state index contributed by atoms with van der Waals surface area (Å²) in [6.07, 6.45) is 0.952. The fraction of sp³-hybridized carbons (Fsp3) is 0.353. The van der Waals surface area contributed by atoms with Crippen molar-refractivity contribution in [2.24, 2.45) is 11.8 Å². The number of ether oxygens (including phenoxy) is 2. The van der Waals surface area contributed by atoms with Crippen molar-refractivity contribution in [1.82, 2.24) is 4.90 Å². The molecule has 0 bridgehead atoms. The van der Waals surface area contributed by atoms with Gasteiger partial charge in [-0.15, -0.1) is 8.78 Å². The number of rotatable bonds is 3. The lowest BCUT2D eigenvalue weighted by atomic mass is 9.85. The van der Waals surface area contributed by atoms with E-state index in [0.717, 1.165) is 4.90 Å². The molecule has 1 aromatic rings. The Morgan fingerprint density at radius 3 is 2.38 bits per heavy atom. The summed E-state index contributed by atoms with van der Waals surface area (Å²) in [6.45, 7) is -0.421.